The van der Waals surface area contributed by atoms with Crippen molar-refractivity contribution in [2.45, 2.75) is 7.43 Å². The number of hydroxylamine groups is 3. The first kappa shape index (κ1) is 6.43. The quantitative estimate of drug-likeness (QED) is 0.335. The largest absolute Gasteiger partial charge is 0.609 e. The first-order valence-electron chi connectivity index (χ1n) is 1.71. The van der Waals surface area contributed by atoms with E-state index in [0.29, 0.717) is 0 Å². The maximum Gasteiger partial charge on any atom is 0.609 e. The zero-order valence-corrected chi connectivity index (χ0v) is 3.76. The lowest BCUT2D eigenvalue weighted by Gasteiger charge is -1.79. The van der Waals surface area contributed by atoms with Crippen molar-refractivity contribution in [3.8, 4) is 0 Å². The highest BCUT2D eigenvalue weighted by Crippen LogP contribution is 2.17. The third-order valence-electron chi connectivity index (χ3n) is 0.714. The van der Waals surface area contributed by atoms with Gasteiger partial charge in [-0.1, -0.05) is 7.43 Å². The van der Waals surface area contributed by atoms with Gasteiger partial charge in [0.2, 0.25) is 0 Å². The molecule has 0 aliphatic carbocycles. The lowest BCUT2D eigenvalue weighted by atomic mass is 11.0. The SMILES string of the molecule is C.C[N+]1(C)OC1=O. The maximum atomic E-state index is 9.96. The first-order chi connectivity index (χ1) is 2.63. The third-order valence-corrected chi connectivity index (χ3v) is 0.714. The second-order valence-electron chi connectivity index (χ2n) is 1.71. The van der Waals surface area contributed by atoms with E-state index in [9.17, 15) is 4.79 Å². The summed E-state index contributed by atoms with van der Waals surface area (Å²) in [6, 6.07) is 0. The minimum atomic E-state index is -0.157. The molecule has 1 fully saturated rings. The molecule has 1 heterocycles. The summed E-state index contributed by atoms with van der Waals surface area (Å²) in [5.41, 5.74) is 0. The van der Waals surface area contributed by atoms with E-state index in [4.69, 9.17) is 0 Å². The maximum absolute atomic E-state index is 9.96. The summed E-state index contributed by atoms with van der Waals surface area (Å²) >= 11 is 0. The van der Waals surface area contributed by atoms with Crippen molar-refractivity contribution in [1.29, 1.82) is 0 Å². The predicted molar refractivity (Wildman–Crippen MR) is 25.3 cm³/mol. The second kappa shape index (κ2) is 1.20. The van der Waals surface area contributed by atoms with Gasteiger partial charge in [-0.3, -0.25) is 0 Å². The first-order valence-corrected chi connectivity index (χ1v) is 1.71. The van der Waals surface area contributed by atoms with Crippen LogP contribution in [-0.4, -0.2) is 24.8 Å². The van der Waals surface area contributed by atoms with Crippen LogP contribution in [0.1, 0.15) is 7.43 Å². The molecule has 0 aromatic carbocycles. The van der Waals surface area contributed by atoms with Crippen LogP contribution in [0.5, 0.6) is 0 Å². The number of hydrogen-bond acceptors (Lipinski definition) is 2. The molecular formula is C4H10NO2+. The van der Waals surface area contributed by atoms with Crippen LogP contribution in [0.4, 0.5) is 4.79 Å². The number of rotatable bonds is 0. The summed E-state index contributed by atoms with van der Waals surface area (Å²) < 4.78 is 0.0972. The van der Waals surface area contributed by atoms with Gasteiger partial charge in [0.1, 0.15) is 14.1 Å². The lowest BCUT2D eigenvalue weighted by molar-refractivity contribution is -0.856. The lowest BCUT2D eigenvalue weighted by Crippen LogP contribution is -2.11. The van der Waals surface area contributed by atoms with E-state index in [2.05, 4.69) is 4.84 Å². The highest BCUT2D eigenvalue weighted by Gasteiger charge is 2.53. The summed E-state index contributed by atoms with van der Waals surface area (Å²) in [6.45, 7) is 0. The fraction of sp³-hybridized carbons (Fsp3) is 0.750. The molecular weight excluding hydrogens is 94.0 g/mol. The molecule has 0 saturated carbocycles. The van der Waals surface area contributed by atoms with E-state index in [-0.39, 0.29) is 18.2 Å². The minimum absolute atomic E-state index is 0. The van der Waals surface area contributed by atoms with Crippen LogP contribution < -0.4 is 0 Å². The van der Waals surface area contributed by atoms with E-state index in [1.807, 2.05) is 0 Å². The normalized spacial score (nSPS) is 22.3. The van der Waals surface area contributed by atoms with E-state index in [0.717, 1.165) is 0 Å². The molecule has 0 unspecified atom stereocenters. The topological polar surface area (TPSA) is 29.6 Å². The molecule has 42 valence electrons. The molecule has 0 aromatic heterocycles. The average Bonchev–Trinajstić information content (AvgIpc) is 1.73. The second-order valence-corrected chi connectivity index (χ2v) is 1.71. The van der Waals surface area contributed by atoms with Gasteiger partial charge >= 0.3 is 6.09 Å². The molecule has 0 bridgehead atoms. The molecule has 3 heteroatoms. The monoisotopic (exact) mass is 104 g/mol. The minimum Gasteiger partial charge on any atom is -0.201 e. The molecule has 3 nitrogen and oxygen atoms in total. The van der Waals surface area contributed by atoms with Crippen LogP contribution in [0, 0.1) is 0 Å². The molecule has 0 radical (unpaired) electrons. The predicted octanol–water partition coefficient (Wildman–Crippen LogP) is 0.764. The summed E-state index contributed by atoms with van der Waals surface area (Å²) in [5.74, 6) is 0. The Morgan fingerprint density at radius 1 is 1.57 bits per heavy atom. The van der Waals surface area contributed by atoms with Crippen LogP contribution in [0.3, 0.4) is 0 Å². The average molecular weight is 104 g/mol. The number of carbonyl (C=O) groups is 1. The molecule has 1 amide bonds. The summed E-state index contributed by atoms with van der Waals surface area (Å²) in [5, 5.41) is 0. The van der Waals surface area contributed by atoms with Crippen LogP contribution in [-0.2, 0) is 4.84 Å². The molecule has 0 aromatic rings. The Morgan fingerprint density at radius 3 is 1.71 bits per heavy atom. The Hall–Kier alpha value is -0.570. The Balaban J connectivity index is 0.000000360. The van der Waals surface area contributed by atoms with Crippen molar-refractivity contribution in [3.05, 3.63) is 0 Å². The Bertz CT molecular complexity index is 97.9. The number of quaternary nitrogens is 1. The Labute approximate surface area is 43.0 Å². The van der Waals surface area contributed by atoms with E-state index in [1.54, 1.807) is 14.1 Å². The number of amides is 1. The summed E-state index contributed by atoms with van der Waals surface area (Å²) in [6.07, 6.45) is -0.157. The number of hydrogen-bond donors (Lipinski definition) is 0. The Morgan fingerprint density at radius 2 is 1.71 bits per heavy atom. The molecule has 1 saturated heterocycles. The molecule has 0 N–H and O–H groups in total. The third kappa shape index (κ3) is 0.899. The van der Waals surface area contributed by atoms with Crippen LogP contribution in [0.2, 0.25) is 0 Å². The fourth-order valence-corrected chi connectivity index (χ4v) is 0.175. The van der Waals surface area contributed by atoms with Crippen molar-refractivity contribution < 1.29 is 14.3 Å². The molecule has 1 aliphatic rings. The molecule has 0 spiro atoms. The van der Waals surface area contributed by atoms with E-state index in [1.165, 1.54) is 0 Å². The van der Waals surface area contributed by atoms with Crippen LogP contribution in [0.15, 0.2) is 0 Å². The van der Waals surface area contributed by atoms with Crippen molar-refractivity contribution in [1.82, 2.24) is 0 Å². The van der Waals surface area contributed by atoms with Crippen molar-refractivity contribution in [3.63, 3.8) is 0 Å². The Kier molecular flexibility index (Phi) is 1.10. The number of carbonyl (C=O) groups excluding carboxylic acids is 1. The van der Waals surface area contributed by atoms with Gasteiger partial charge in [0.25, 0.3) is 0 Å². The zero-order chi connectivity index (χ0) is 4.78. The van der Waals surface area contributed by atoms with E-state index >= 15 is 0 Å². The smallest absolute Gasteiger partial charge is 0.201 e. The van der Waals surface area contributed by atoms with E-state index < -0.39 is 0 Å². The van der Waals surface area contributed by atoms with Gasteiger partial charge in [-0.05, 0) is 4.65 Å². The standard InChI is InChI=1S/C3H6NO2.CH4/c1-4(2)3(5)6-4;/h1-2H3;1H4/q+1;. The summed E-state index contributed by atoms with van der Waals surface area (Å²) in [4.78, 5) is 14.4. The highest BCUT2D eigenvalue weighted by molar-refractivity contribution is 5.65. The summed E-state index contributed by atoms with van der Waals surface area (Å²) in [7, 11) is 3.37. The van der Waals surface area contributed by atoms with Gasteiger partial charge in [-0.2, -0.15) is 4.79 Å². The zero-order valence-electron chi connectivity index (χ0n) is 3.76. The molecule has 0 atom stereocenters. The van der Waals surface area contributed by atoms with Crippen molar-refractivity contribution >= 4 is 6.09 Å². The highest BCUT2D eigenvalue weighted by atomic mass is 16.9. The van der Waals surface area contributed by atoms with Crippen LogP contribution in [0.25, 0.3) is 0 Å². The molecule has 1 rings (SSSR count). The van der Waals surface area contributed by atoms with Gasteiger partial charge < -0.3 is 0 Å². The van der Waals surface area contributed by atoms with Crippen molar-refractivity contribution in [2.24, 2.45) is 0 Å². The fourth-order valence-electron chi connectivity index (χ4n) is 0.175. The van der Waals surface area contributed by atoms with Crippen LogP contribution >= 0.6 is 0 Å². The van der Waals surface area contributed by atoms with Crippen molar-refractivity contribution in [2.75, 3.05) is 14.1 Å². The van der Waals surface area contributed by atoms with Gasteiger partial charge in [0.15, 0.2) is 0 Å². The van der Waals surface area contributed by atoms with Gasteiger partial charge in [0, 0.05) is 0 Å². The number of nitrogens with zero attached hydrogens (tertiary/aromatic N) is 1. The van der Waals surface area contributed by atoms with Gasteiger partial charge in [0.05, 0.1) is 0 Å². The van der Waals surface area contributed by atoms with Gasteiger partial charge in [-0.25, -0.2) is 4.84 Å². The van der Waals surface area contributed by atoms with Gasteiger partial charge in [-0.15, -0.1) is 0 Å². The molecule has 7 heavy (non-hydrogen) atoms. The molecule has 1 aliphatic heterocycles.